The molecule has 0 atom stereocenters. The first kappa shape index (κ1) is 23.6. The molecule has 0 saturated carbocycles. The maximum absolute atomic E-state index is 12.6. The summed E-state index contributed by atoms with van der Waals surface area (Å²) in [7, 11) is -3.58. The number of ether oxygens (including phenoxy) is 1. The van der Waals surface area contributed by atoms with Gasteiger partial charge in [0.25, 0.3) is 5.16 Å². The van der Waals surface area contributed by atoms with Gasteiger partial charge in [0.05, 0.1) is 13.2 Å². The Labute approximate surface area is 196 Å². The van der Waals surface area contributed by atoms with Crippen LogP contribution in [0.3, 0.4) is 0 Å². The van der Waals surface area contributed by atoms with Crippen LogP contribution in [0, 0.1) is 13.8 Å². The summed E-state index contributed by atoms with van der Waals surface area (Å²) < 4.78 is 32.2. The molecule has 1 saturated heterocycles. The van der Waals surface area contributed by atoms with Crippen molar-refractivity contribution in [3.05, 3.63) is 58.7 Å². The van der Waals surface area contributed by atoms with Gasteiger partial charge in [0, 0.05) is 37.1 Å². The standard InChI is InChI=1S/C25H32N4O3S/c1-17(2)22-15-23(19(4)14-18(22)3)24-26-27-25(33(5,30)31)29(24)21-8-6-20(7-9-21)16-28-10-12-32-13-11-28/h6-9,14-15,17H,10-13,16H2,1-5H3. The molecule has 1 fully saturated rings. The molecule has 176 valence electrons. The monoisotopic (exact) mass is 468 g/mol. The van der Waals surface area contributed by atoms with Crippen molar-refractivity contribution in [3.63, 3.8) is 0 Å². The highest BCUT2D eigenvalue weighted by atomic mass is 32.2. The van der Waals surface area contributed by atoms with E-state index in [9.17, 15) is 8.42 Å². The molecule has 0 spiro atoms. The van der Waals surface area contributed by atoms with Crippen LogP contribution < -0.4 is 0 Å². The highest BCUT2D eigenvalue weighted by Gasteiger charge is 2.24. The Morgan fingerprint density at radius 2 is 1.67 bits per heavy atom. The minimum Gasteiger partial charge on any atom is -0.379 e. The number of morpholine rings is 1. The number of rotatable bonds is 6. The van der Waals surface area contributed by atoms with Crippen molar-refractivity contribution in [2.75, 3.05) is 32.6 Å². The van der Waals surface area contributed by atoms with Gasteiger partial charge in [-0.15, -0.1) is 10.2 Å². The van der Waals surface area contributed by atoms with Crippen molar-refractivity contribution in [1.29, 1.82) is 0 Å². The van der Waals surface area contributed by atoms with E-state index in [1.165, 1.54) is 22.9 Å². The van der Waals surface area contributed by atoms with Gasteiger partial charge in [-0.2, -0.15) is 0 Å². The lowest BCUT2D eigenvalue weighted by Crippen LogP contribution is -2.35. The van der Waals surface area contributed by atoms with E-state index in [1.54, 1.807) is 4.57 Å². The molecule has 2 heterocycles. The first-order valence-corrected chi connectivity index (χ1v) is 13.2. The summed E-state index contributed by atoms with van der Waals surface area (Å²) in [4.78, 5) is 2.35. The van der Waals surface area contributed by atoms with E-state index in [2.05, 4.69) is 48.0 Å². The van der Waals surface area contributed by atoms with E-state index in [1.807, 2.05) is 31.2 Å². The highest BCUT2D eigenvalue weighted by Crippen LogP contribution is 2.32. The van der Waals surface area contributed by atoms with Crippen LogP contribution in [0.15, 0.2) is 41.6 Å². The molecule has 8 heteroatoms. The number of benzene rings is 2. The second-order valence-electron chi connectivity index (χ2n) is 9.15. The molecule has 0 aliphatic carbocycles. The van der Waals surface area contributed by atoms with Crippen LogP contribution >= 0.6 is 0 Å². The van der Waals surface area contributed by atoms with Gasteiger partial charge in [-0.25, -0.2) is 8.42 Å². The molecule has 0 amide bonds. The summed E-state index contributed by atoms with van der Waals surface area (Å²) in [6.45, 7) is 12.6. The first-order valence-electron chi connectivity index (χ1n) is 11.3. The Kier molecular flexibility index (Phi) is 6.70. The van der Waals surface area contributed by atoms with Gasteiger partial charge in [-0.1, -0.05) is 32.0 Å². The molecular weight excluding hydrogens is 436 g/mol. The average molecular weight is 469 g/mol. The number of sulfone groups is 1. The van der Waals surface area contributed by atoms with E-state index in [-0.39, 0.29) is 5.16 Å². The zero-order valence-electron chi connectivity index (χ0n) is 20.0. The van der Waals surface area contributed by atoms with Gasteiger partial charge in [0.2, 0.25) is 9.84 Å². The molecule has 3 aromatic rings. The summed E-state index contributed by atoms with van der Waals surface area (Å²) in [6, 6.07) is 12.2. The number of hydrogen-bond acceptors (Lipinski definition) is 6. The molecule has 0 unspecified atom stereocenters. The zero-order chi connectivity index (χ0) is 23.8. The summed E-state index contributed by atoms with van der Waals surface area (Å²) >= 11 is 0. The van der Waals surface area contributed by atoms with Crippen LogP contribution in [0.1, 0.15) is 42.0 Å². The van der Waals surface area contributed by atoms with Gasteiger partial charge in [-0.05, 0) is 60.2 Å². The predicted molar refractivity (Wildman–Crippen MR) is 130 cm³/mol. The highest BCUT2D eigenvalue weighted by molar-refractivity contribution is 7.90. The lowest BCUT2D eigenvalue weighted by atomic mass is 9.93. The molecule has 0 bridgehead atoms. The fourth-order valence-electron chi connectivity index (χ4n) is 4.42. The molecule has 1 aromatic heterocycles. The summed E-state index contributed by atoms with van der Waals surface area (Å²) in [5, 5.41) is 8.39. The molecule has 4 rings (SSSR count). The largest absolute Gasteiger partial charge is 0.379 e. The fourth-order valence-corrected chi connectivity index (χ4v) is 5.13. The van der Waals surface area contributed by atoms with Crippen LogP contribution in [-0.2, 0) is 21.1 Å². The van der Waals surface area contributed by atoms with E-state index >= 15 is 0 Å². The third-order valence-corrected chi connectivity index (χ3v) is 7.07. The molecule has 7 nitrogen and oxygen atoms in total. The molecule has 33 heavy (non-hydrogen) atoms. The van der Waals surface area contributed by atoms with Crippen molar-refractivity contribution < 1.29 is 13.2 Å². The Morgan fingerprint density at radius 3 is 2.27 bits per heavy atom. The second kappa shape index (κ2) is 9.37. The number of aromatic nitrogens is 3. The van der Waals surface area contributed by atoms with Crippen molar-refractivity contribution in [2.24, 2.45) is 0 Å². The van der Waals surface area contributed by atoms with Gasteiger partial charge >= 0.3 is 0 Å². The quantitative estimate of drug-likeness (QED) is 0.546. The first-order chi connectivity index (χ1) is 15.6. The molecule has 0 radical (unpaired) electrons. The summed E-state index contributed by atoms with van der Waals surface area (Å²) in [5.41, 5.74) is 6.26. The third-order valence-electron chi connectivity index (χ3n) is 6.15. The van der Waals surface area contributed by atoms with E-state index in [4.69, 9.17) is 4.74 Å². The van der Waals surface area contributed by atoms with Crippen molar-refractivity contribution in [3.8, 4) is 17.1 Å². The van der Waals surface area contributed by atoms with Crippen LogP contribution in [0.25, 0.3) is 17.1 Å². The Hall–Kier alpha value is -2.55. The summed E-state index contributed by atoms with van der Waals surface area (Å²) in [5.74, 6) is 0.880. The van der Waals surface area contributed by atoms with E-state index in [0.29, 0.717) is 11.7 Å². The van der Waals surface area contributed by atoms with Crippen LogP contribution in [0.2, 0.25) is 0 Å². The van der Waals surface area contributed by atoms with Gasteiger partial charge in [-0.3, -0.25) is 9.47 Å². The van der Waals surface area contributed by atoms with Crippen molar-refractivity contribution in [1.82, 2.24) is 19.7 Å². The van der Waals surface area contributed by atoms with Gasteiger partial charge in [0.1, 0.15) is 0 Å². The van der Waals surface area contributed by atoms with Gasteiger partial charge < -0.3 is 4.74 Å². The van der Waals surface area contributed by atoms with Crippen LogP contribution in [0.4, 0.5) is 0 Å². The SMILES string of the molecule is Cc1cc(C)c(C(C)C)cc1-c1nnc(S(C)(=O)=O)n1-c1ccc(CN2CCOCC2)cc1. The lowest BCUT2D eigenvalue weighted by Gasteiger charge is -2.26. The summed E-state index contributed by atoms with van der Waals surface area (Å²) in [6.07, 6.45) is 1.17. The Morgan fingerprint density at radius 1 is 1.00 bits per heavy atom. The molecule has 1 aliphatic heterocycles. The zero-order valence-corrected chi connectivity index (χ0v) is 20.8. The van der Waals surface area contributed by atoms with E-state index in [0.717, 1.165) is 49.7 Å². The Bertz CT molecular complexity index is 1240. The van der Waals surface area contributed by atoms with Crippen molar-refractivity contribution >= 4 is 9.84 Å². The molecular formula is C25H32N4O3S. The molecule has 0 N–H and O–H groups in total. The topological polar surface area (TPSA) is 77.3 Å². The third kappa shape index (κ3) is 5.03. The maximum atomic E-state index is 12.6. The molecule has 1 aliphatic rings. The van der Waals surface area contributed by atoms with Crippen LogP contribution in [-0.4, -0.2) is 60.6 Å². The van der Waals surface area contributed by atoms with Crippen LogP contribution in [0.5, 0.6) is 0 Å². The Balaban J connectivity index is 1.79. The predicted octanol–water partition coefficient (Wildman–Crippen LogP) is 3.91. The average Bonchev–Trinajstić information content (AvgIpc) is 3.20. The fraction of sp³-hybridized carbons (Fsp3) is 0.440. The number of hydrogen-bond donors (Lipinski definition) is 0. The second-order valence-corrected chi connectivity index (χ2v) is 11.1. The van der Waals surface area contributed by atoms with Crippen molar-refractivity contribution in [2.45, 2.75) is 45.3 Å². The smallest absolute Gasteiger partial charge is 0.254 e. The lowest BCUT2D eigenvalue weighted by molar-refractivity contribution is 0.0342. The minimum absolute atomic E-state index is 0.0514. The molecule has 2 aromatic carbocycles. The minimum atomic E-state index is -3.58. The normalized spacial score (nSPS) is 15.3. The van der Waals surface area contributed by atoms with Gasteiger partial charge in [0.15, 0.2) is 5.82 Å². The maximum Gasteiger partial charge on any atom is 0.254 e. The number of nitrogens with zero attached hydrogens (tertiary/aromatic N) is 4. The van der Waals surface area contributed by atoms with E-state index < -0.39 is 9.84 Å². The number of aryl methyl sites for hydroxylation is 2.